The molecule has 1 heterocycles. The second-order valence-corrected chi connectivity index (χ2v) is 7.07. The molecule has 2 atom stereocenters. The lowest BCUT2D eigenvalue weighted by Crippen LogP contribution is -2.48. The summed E-state index contributed by atoms with van der Waals surface area (Å²) in [7, 11) is 0. The third kappa shape index (κ3) is 5.39. The number of rotatable bonds is 8. The molecule has 0 aliphatic carbocycles. The average molecular weight is 380 g/mol. The van der Waals surface area contributed by atoms with Gasteiger partial charge in [0.05, 0.1) is 18.4 Å². The number of aliphatic carboxylic acids is 1. The Morgan fingerprint density at radius 2 is 2.04 bits per heavy atom. The first-order chi connectivity index (χ1) is 12.4. The van der Waals surface area contributed by atoms with Gasteiger partial charge in [-0.05, 0) is 31.0 Å². The number of amides is 2. The van der Waals surface area contributed by atoms with Crippen molar-refractivity contribution in [1.82, 2.24) is 10.2 Å². The highest BCUT2D eigenvalue weighted by atomic mass is 32.2. The minimum atomic E-state index is -0.969. The maximum atomic E-state index is 12.3. The molecule has 1 aromatic carbocycles. The predicted molar refractivity (Wildman–Crippen MR) is 99.1 cm³/mol. The van der Waals surface area contributed by atoms with Crippen molar-refractivity contribution in [1.29, 1.82) is 0 Å². The monoisotopic (exact) mass is 380 g/mol. The normalized spacial score (nSPS) is 17.6. The molecular weight excluding hydrogens is 356 g/mol. The third-order valence-corrected chi connectivity index (χ3v) is 5.19. The Morgan fingerprint density at radius 3 is 2.62 bits per heavy atom. The maximum Gasteiger partial charge on any atom is 0.308 e. The van der Waals surface area contributed by atoms with Crippen LogP contribution in [0, 0.1) is 5.92 Å². The Morgan fingerprint density at radius 1 is 1.35 bits per heavy atom. The van der Waals surface area contributed by atoms with Crippen LogP contribution in [0.2, 0.25) is 0 Å². The lowest BCUT2D eigenvalue weighted by Gasteiger charge is -2.22. The van der Waals surface area contributed by atoms with Gasteiger partial charge in [-0.1, -0.05) is 12.1 Å². The van der Waals surface area contributed by atoms with E-state index in [0.29, 0.717) is 24.7 Å². The highest BCUT2D eigenvalue weighted by molar-refractivity contribution is 7.99. The molecule has 0 bridgehead atoms. The van der Waals surface area contributed by atoms with Gasteiger partial charge in [0.25, 0.3) is 0 Å². The number of hydrogen-bond acceptors (Lipinski definition) is 5. The van der Waals surface area contributed by atoms with Gasteiger partial charge in [0.2, 0.25) is 11.8 Å². The van der Waals surface area contributed by atoms with Crippen molar-refractivity contribution < 1.29 is 24.2 Å². The Bertz CT molecular complexity index is 649. The number of nitrogens with zero attached hydrogens (tertiary/aromatic N) is 1. The fourth-order valence-corrected chi connectivity index (χ4v) is 3.95. The van der Waals surface area contributed by atoms with Crippen LogP contribution in [-0.4, -0.2) is 58.6 Å². The standard InChI is InChI=1S/C18H24N2O5S/c1-3-25-15-6-4-13(5-7-15)8-14(18(23)24)9-19-17(22)16-10-26-11-20(16)12(2)21/h4-7,14,16H,3,8-11H2,1-2H3,(H,19,22)(H,23,24)/t14-,16+/m1/s1. The largest absolute Gasteiger partial charge is 0.494 e. The predicted octanol–water partition coefficient (Wildman–Crippen LogP) is 1.37. The van der Waals surface area contributed by atoms with Crippen molar-refractivity contribution in [3.8, 4) is 5.75 Å². The molecule has 2 N–H and O–H groups in total. The highest BCUT2D eigenvalue weighted by Crippen LogP contribution is 2.21. The Hall–Kier alpha value is -2.22. The number of carboxylic acids is 1. The number of carbonyl (C=O) groups excluding carboxylic acids is 2. The van der Waals surface area contributed by atoms with Crippen LogP contribution in [0.5, 0.6) is 5.75 Å². The molecule has 0 unspecified atom stereocenters. The van der Waals surface area contributed by atoms with E-state index >= 15 is 0 Å². The topological polar surface area (TPSA) is 95.9 Å². The van der Waals surface area contributed by atoms with E-state index in [1.807, 2.05) is 19.1 Å². The molecule has 0 aromatic heterocycles. The first-order valence-electron chi connectivity index (χ1n) is 8.49. The zero-order valence-corrected chi connectivity index (χ0v) is 15.8. The minimum Gasteiger partial charge on any atom is -0.494 e. The molecule has 1 aromatic rings. The average Bonchev–Trinajstić information content (AvgIpc) is 3.10. The summed E-state index contributed by atoms with van der Waals surface area (Å²) in [5, 5.41) is 12.1. The van der Waals surface area contributed by atoms with Gasteiger partial charge in [-0.15, -0.1) is 11.8 Å². The van der Waals surface area contributed by atoms with Crippen LogP contribution >= 0.6 is 11.8 Å². The zero-order chi connectivity index (χ0) is 19.1. The molecule has 1 aliphatic rings. The molecule has 1 saturated heterocycles. The van der Waals surface area contributed by atoms with E-state index in [2.05, 4.69) is 5.32 Å². The molecule has 1 aliphatic heterocycles. The summed E-state index contributed by atoms with van der Waals surface area (Å²) in [6.07, 6.45) is 0.303. The van der Waals surface area contributed by atoms with Gasteiger partial charge in [-0.3, -0.25) is 14.4 Å². The number of carboxylic acid groups (broad SMARTS) is 1. The maximum absolute atomic E-state index is 12.3. The highest BCUT2D eigenvalue weighted by Gasteiger charge is 2.33. The number of nitrogens with one attached hydrogen (secondary N) is 1. The van der Waals surface area contributed by atoms with E-state index in [1.54, 1.807) is 12.1 Å². The van der Waals surface area contributed by atoms with Crippen molar-refractivity contribution in [3.05, 3.63) is 29.8 Å². The number of benzene rings is 1. The van der Waals surface area contributed by atoms with Crippen LogP contribution in [-0.2, 0) is 20.8 Å². The second-order valence-electron chi connectivity index (χ2n) is 6.07. The number of hydrogen-bond donors (Lipinski definition) is 2. The van der Waals surface area contributed by atoms with Gasteiger partial charge in [0, 0.05) is 19.2 Å². The summed E-state index contributed by atoms with van der Waals surface area (Å²) < 4.78 is 5.37. The van der Waals surface area contributed by atoms with E-state index in [-0.39, 0.29) is 18.4 Å². The summed E-state index contributed by atoms with van der Waals surface area (Å²) in [4.78, 5) is 36.9. The van der Waals surface area contributed by atoms with E-state index in [9.17, 15) is 19.5 Å². The second kappa shape index (κ2) is 9.47. The molecule has 0 spiro atoms. The molecule has 7 nitrogen and oxygen atoms in total. The first-order valence-corrected chi connectivity index (χ1v) is 9.65. The first kappa shape index (κ1) is 20.1. The van der Waals surface area contributed by atoms with Crippen molar-refractivity contribution >= 4 is 29.5 Å². The van der Waals surface area contributed by atoms with E-state index in [4.69, 9.17) is 4.74 Å². The Balaban J connectivity index is 1.92. The third-order valence-electron chi connectivity index (χ3n) is 4.18. The van der Waals surface area contributed by atoms with Crippen molar-refractivity contribution in [3.63, 3.8) is 0 Å². The Kier molecular flexibility index (Phi) is 7.32. The molecule has 0 saturated carbocycles. The molecular formula is C18H24N2O5S. The summed E-state index contributed by atoms with van der Waals surface area (Å²) in [6, 6.07) is 6.73. The lowest BCUT2D eigenvalue weighted by atomic mass is 9.99. The molecule has 142 valence electrons. The van der Waals surface area contributed by atoms with Crippen LogP contribution in [0.3, 0.4) is 0 Å². The van der Waals surface area contributed by atoms with Gasteiger partial charge in [0.1, 0.15) is 11.8 Å². The van der Waals surface area contributed by atoms with Crippen LogP contribution in [0.25, 0.3) is 0 Å². The van der Waals surface area contributed by atoms with E-state index in [0.717, 1.165) is 11.3 Å². The summed E-state index contributed by atoms with van der Waals surface area (Å²) in [5.41, 5.74) is 0.858. The minimum absolute atomic E-state index is 0.0221. The van der Waals surface area contributed by atoms with Gasteiger partial charge >= 0.3 is 5.97 Å². The van der Waals surface area contributed by atoms with Gasteiger partial charge in [-0.25, -0.2) is 0 Å². The molecule has 2 amide bonds. The fourth-order valence-electron chi connectivity index (χ4n) is 2.73. The van der Waals surface area contributed by atoms with Crippen LogP contribution in [0.4, 0.5) is 0 Å². The van der Waals surface area contributed by atoms with Crippen molar-refractivity contribution in [2.45, 2.75) is 26.3 Å². The van der Waals surface area contributed by atoms with E-state index in [1.165, 1.54) is 23.6 Å². The number of thioether (sulfide) groups is 1. The van der Waals surface area contributed by atoms with E-state index < -0.39 is 17.9 Å². The lowest BCUT2D eigenvalue weighted by molar-refractivity contribution is -0.142. The van der Waals surface area contributed by atoms with Crippen LogP contribution < -0.4 is 10.1 Å². The SMILES string of the molecule is CCOc1ccc(C[C@H](CNC(=O)[C@@H]2CSCN2C(C)=O)C(=O)O)cc1. The van der Waals surface area contributed by atoms with Gasteiger partial charge < -0.3 is 20.1 Å². The zero-order valence-electron chi connectivity index (χ0n) is 14.9. The Labute approximate surface area is 157 Å². The molecule has 8 heteroatoms. The van der Waals surface area contributed by atoms with Crippen LogP contribution in [0.15, 0.2) is 24.3 Å². The molecule has 0 radical (unpaired) electrons. The molecule has 2 rings (SSSR count). The van der Waals surface area contributed by atoms with Crippen molar-refractivity contribution in [2.24, 2.45) is 5.92 Å². The molecule has 1 fully saturated rings. The smallest absolute Gasteiger partial charge is 0.308 e. The van der Waals surface area contributed by atoms with Gasteiger partial charge in [0.15, 0.2) is 0 Å². The van der Waals surface area contributed by atoms with Crippen LogP contribution in [0.1, 0.15) is 19.4 Å². The molecule has 26 heavy (non-hydrogen) atoms. The quantitative estimate of drug-likeness (QED) is 0.707. The van der Waals surface area contributed by atoms with Crippen molar-refractivity contribution in [2.75, 3.05) is 24.8 Å². The number of carbonyl (C=O) groups is 3. The summed E-state index contributed by atoms with van der Waals surface area (Å²) in [6.45, 7) is 3.92. The fraction of sp³-hybridized carbons (Fsp3) is 0.500. The van der Waals surface area contributed by atoms with Gasteiger partial charge in [-0.2, -0.15) is 0 Å². The number of ether oxygens (including phenoxy) is 1. The summed E-state index contributed by atoms with van der Waals surface area (Å²) in [5.74, 6) is -0.411. The summed E-state index contributed by atoms with van der Waals surface area (Å²) >= 11 is 1.51.